The first kappa shape index (κ1) is 16.1. The molecule has 2 atom stereocenters. The van der Waals surface area contributed by atoms with Crippen molar-refractivity contribution in [2.24, 2.45) is 0 Å². The highest BCUT2D eigenvalue weighted by Crippen LogP contribution is 2.21. The van der Waals surface area contributed by atoms with Crippen molar-refractivity contribution in [2.75, 3.05) is 6.54 Å². The van der Waals surface area contributed by atoms with Gasteiger partial charge in [0, 0.05) is 11.8 Å². The van der Waals surface area contributed by atoms with E-state index in [1.807, 2.05) is 5.38 Å². The van der Waals surface area contributed by atoms with E-state index in [0.29, 0.717) is 0 Å². The van der Waals surface area contributed by atoms with E-state index in [0.717, 1.165) is 4.88 Å². The Kier molecular flexibility index (Phi) is 6.13. The number of carbonyl (C=O) groups is 3. The number of thiophene rings is 1. The third-order valence-electron chi connectivity index (χ3n) is 2.43. The van der Waals surface area contributed by atoms with Crippen LogP contribution in [0.1, 0.15) is 24.3 Å². The Balaban J connectivity index is 2.55. The molecule has 0 radical (unpaired) electrons. The maximum Gasteiger partial charge on any atom is 0.334 e. The molecule has 8 heteroatoms. The number of carboxylic acids is 1. The van der Waals surface area contributed by atoms with Crippen LogP contribution in [0.5, 0.6) is 0 Å². The summed E-state index contributed by atoms with van der Waals surface area (Å²) in [6.45, 7) is 0.984. The number of hydrogen-bond acceptors (Lipinski definition) is 5. The molecule has 0 fully saturated rings. The maximum atomic E-state index is 11.7. The minimum atomic E-state index is -1.64. The van der Waals surface area contributed by atoms with E-state index in [-0.39, 0.29) is 18.9 Å². The van der Waals surface area contributed by atoms with E-state index in [1.165, 1.54) is 18.3 Å². The third-order valence-corrected chi connectivity index (χ3v) is 3.42. The Hall–Kier alpha value is -1.93. The quantitative estimate of drug-likeness (QED) is 0.560. The van der Waals surface area contributed by atoms with Gasteiger partial charge in [-0.25, -0.2) is 4.79 Å². The smallest absolute Gasteiger partial charge is 0.334 e. The Bertz CT molecular complexity index is 474. The van der Waals surface area contributed by atoms with Crippen LogP contribution >= 0.6 is 11.3 Å². The molecule has 0 bridgehead atoms. The minimum absolute atomic E-state index is 0.0214. The maximum absolute atomic E-state index is 11.7. The van der Waals surface area contributed by atoms with Crippen LogP contribution in [0.2, 0.25) is 0 Å². The van der Waals surface area contributed by atoms with Crippen molar-refractivity contribution in [1.29, 1.82) is 0 Å². The van der Waals surface area contributed by atoms with Gasteiger partial charge in [-0.2, -0.15) is 0 Å². The van der Waals surface area contributed by atoms with Crippen molar-refractivity contribution in [3.8, 4) is 0 Å². The lowest BCUT2D eigenvalue weighted by Gasteiger charge is -2.16. The van der Waals surface area contributed by atoms with E-state index >= 15 is 0 Å². The number of amides is 2. The number of rotatable bonds is 7. The average Bonchev–Trinajstić information content (AvgIpc) is 2.88. The van der Waals surface area contributed by atoms with E-state index in [1.54, 1.807) is 12.1 Å². The molecule has 0 aliphatic heterocycles. The third kappa shape index (κ3) is 5.37. The van der Waals surface area contributed by atoms with Crippen molar-refractivity contribution in [2.45, 2.75) is 25.5 Å². The predicted octanol–water partition coefficient (Wildman–Crippen LogP) is -0.123. The topological polar surface area (TPSA) is 116 Å². The van der Waals surface area contributed by atoms with Gasteiger partial charge in [0.05, 0.1) is 19.0 Å². The highest BCUT2D eigenvalue weighted by molar-refractivity contribution is 7.10. The van der Waals surface area contributed by atoms with Gasteiger partial charge in [-0.1, -0.05) is 6.07 Å². The van der Waals surface area contributed by atoms with Gasteiger partial charge in [0.15, 0.2) is 6.10 Å². The summed E-state index contributed by atoms with van der Waals surface area (Å²) in [5, 5.41) is 24.3. The Labute approximate surface area is 119 Å². The fourth-order valence-electron chi connectivity index (χ4n) is 1.51. The fourth-order valence-corrected chi connectivity index (χ4v) is 2.29. The zero-order valence-corrected chi connectivity index (χ0v) is 11.6. The van der Waals surface area contributed by atoms with Gasteiger partial charge in [-0.05, 0) is 11.4 Å². The molecule has 1 aromatic heterocycles. The first-order chi connectivity index (χ1) is 9.40. The van der Waals surface area contributed by atoms with Crippen LogP contribution in [-0.2, 0) is 14.4 Å². The molecular weight excluding hydrogens is 284 g/mol. The van der Waals surface area contributed by atoms with E-state index in [4.69, 9.17) is 10.2 Å². The van der Waals surface area contributed by atoms with Gasteiger partial charge < -0.3 is 20.8 Å². The van der Waals surface area contributed by atoms with Crippen LogP contribution in [0.4, 0.5) is 0 Å². The summed E-state index contributed by atoms with van der Waals surface area (Å²) in [5.41, 5.74) is 0. The molecule has 0 saturated heterocycles. The highest BCUT2D eigenvalue weighted by atomic mass is 32.1. The number of carboxylic acid groups (broad SMARTS) is 1. The van der Waals surface area contributed by atoms with Gasteiger partial charge in [-0.3, -0.25) is 9.59 Å². The number of aliphatic carboxylic acids is 1. The molecule has 2 unspecified atom stereocenters. The number of nitrogens with one attached hydrogen (secondary N) is 2. The SMILES string of the molecule is CC(=O)NC(CC(=O)NCC(O)C(=O)O)c1cccs1. The summed E-state index contributed by atoms with van der Waals surface area (Å²) in [4.78, 5) is 34.1. The molecule has 1 rings (SSSR count). The number of carbonyl (C=O) groups excluding carboxylic acids is 2. The molecule has 110 valence electrons. The Morgan fingerprint density at radius 1 is 1.40 bits per heavy atom. The van der Waals surface area contributed by atoms with Gasteiger partial charge in [0.1, 0.15) is 0 Å². The largest absolute Gasteiger partial charge is 0.479 e. The molecule has 0 aliphatic carbocycles. The Morgan fingerprint density at radius 3 is 2.60 bits per heavy atom. The summed E-state index contributed by atoms with van der Waals surface area (Å²) in [7, 11) is 0. The molecule has 4 N–H and O–H groups in total. The standard InChI is InChI=1S/C12H16N2O5S/c1-7(15)14-8(10-3-2-4-20-10)5-11(17)13-6-9(16)12(18)19/h2-4,8-9,16H,5-6H2,1H3,(H,13,17)(H,14,15)(H,18,19). The Morgan fingerprint density at radius 2 is 2.10 bits per heavy atom. The minimum Gasteiger partial charge on any atom is -0.479 e. The van der Waals surface area contributed by atoms with Gasteiger partial charge in [-0.15, -0.1) is 11.3 Å². The molecule has 0 spiro atoms. The highest BCUT2D eigenvalue weighted by Gasteiger charge is 2.19. The van der Waals surface area contributed by atoms with Gasteiger partial charge in [0.25, 0.3) is 0 Å². The van der Waals surface area contributed by atoms with E-state index < -0.39 is 24.0 Å². The number of aliphatic hydroxyl groups is 1. The van der Waals surface area contributed by atoms with Gasteiger partial charge >= 0.3 is 5.97 Å². The summed E-state index contributed by atoms with van der Waals surface area (Å²) in [6, 6.07) is 3.14. The second-order valence-electron chi connectivity index (χ2n) is 4.13. The monoisotopic (exact) mass is 300 g/mol. The normalized spacial score (nSPS) is 13.3. The summed E-state index contributed by atoms with van der Waals surface area (Å²) in [5.74, 6) is -2.11. The summed E-state index contributed by atoms with van der Waals surface area (Å²) in [6.07, 6.45) is -1.66. The molecule has 1 heterocycles. The van der Waals surface area contributed by atoms with Crippen molar-refractivity contribution in [3.63, 3.8) is 0 Å². The molecule has 2 amide bonds. The van der Waals surface area contributed by atoms with Crippen molar-refractivity contribution in [1.82, 2.24) is 10.6 Å². The molecule has 20 heavy (non-hydrogen) atoms. The fraction of sp³-hybridized carbons (Fsp3) is 0.417. The molecule has 1 aromatic rings. The summed E-state index contributed by atoms with van der Waals surface area (Å²) < 4.78 is 0. The molecule has 0 aromatic carbocycles. The summed E-state index contributed by atoms with van der Waals surface area (Å²) >= 11 is 1.41. The molecule has 7 nitrogen and oxygen atoms in total. The van der Waals surface area contributed by atoms with Crippen molar-refractivity contribution >= 4 is 29.1 Å². The van der Waals surface area contributed by atoms with Gasteiger partial charge in [0.2, 0.25) is 11.8 Å². The number of aliphatic hydroxyl groups excluding tert-OH is 1. The van der Waals surface area contributed by atoms with E-state index in [2.05, 4.69) is 10.6 Å². The number of hydrogen-bond donors (Lipinski definition) is 4. The second kappa shape index (κ2) is 7.61. The molecule has 0 aliphatic rings. The lowest BCUT2D eigenvalue weighted by atomic mass is 10.1. The van der Waals surface area contributed by atoms with Crippen LogP contribution in [0, 0.1) is 0 Å². The van der Waals surface area contributed by atoms with Crippen molar-refractivity contribution < 1.29 is 24.6 Å². The zero-order valence-electron chi connectivity index (χ0n) is 10.8. The van der Waals surface area contributed by atoms with Crippen LogP contribution in [0.15, 0.2) is 17.5 Å². The molecule has 0 saturated carbocycles. The van der Waals surface area contributed by atoms with Crippen LogP contribution in [0.3, 0.4) is 0 Å². The average molecular weight is 300 g/mol. The zero-order chi connectivity index (χ0) is 15.1. The first-order valence-corrected chi connectivity index (χ1v) is 6.76. The van der Waals surface area contributed by atoms with E-state index in [9.17, 15) is 14.4 Å². The predicted molar refractivity (Wildman–Crippen MR) is 72.1 cm³/mol. The second-order valence-corrected chi connectivity index (χ2v) is 5.11. The molecular formula is C12H16N2O5S. The van der Waals surface area contributed by atoms with Crippen LogP contribution < -0.4 is 10.6 Å². The van der Waals surface area contributed by atoms with Crippen LogP contribution in [0.25, 0.3) is 0 Å². The first-order valence-electron chi connectivity index (χ1n) is 5.88. The lowest BCUT2D eigenvalue weighted by Crippen LogP contribution is -2.38. The lowest BCUT2D eigenvalue weighted by molar-refractivity contribution is -0.146. The van der Waals surface area contributed by atoms with Crippen molar-refractivity contribution in [3.05, 3.63) is 22.4 Å². The van der Waals surface area contributed by atoms with Crippen LogP contribution in [-0.4, -0.2) is 40.6 Å².